The van der Waals surface area contributed by atoms with Gasteiger partial charge in [0.2, 0.25) is 0 Å². The predicted octanol–water partition coefficient (Wildman–Crippen LogP) is 2.66. The minimum Gasteiger partial charge on any atom is -0.493 e. The first-order valence-corrected chi connectivity index (χ1v) is 6.67. The molecule has 0 aliphatic heterocycles. The summed E-state index contributed by atoms with van der Waals surface area (Å²) in [7, 11) is 3.15. The molecule has 0 saturated heterocycles. The number of ether oxygens (including phenoxy) is 2. The first-order chi connectivity index (χ1) is 9.17. The molecule has 0 aliphatic carbocycles. The molecule has 106 valence electrons. The summed E-state index contributed by atoms with van der Waals surface area (Å²) in [6.07, 6.45) is 1.80. The van der Waals surface area contributed by atoms with Crippen molar-refractivity contribution in [2.24, 2.45) is 0 Å². The van der Waals surface area contributed by atoms with Crippen LogP contribution >= 0.6 is 0 Å². The van der Waals surface area contributed by atoms with Crippen molar-refractivity contribution in [3.05, 3.63) is 23.8 Å². The zero-order valence-corrected chi connectivity index (χ0v) is 12.2. The van der Waals surface area contributed by atoms with Crippen molar-refractivity contribution >= 4 is 5.78 Å². The van der Waals surface area contributed by atoms with Gasteiger partial charge < -0.3 is 14.8 Å². The third-order valence-electron chi connectivity index (χ3n) is 3.01. The molecule has 0 bridgehead atoms. The summed E-state index contributed by atoms with van der Waals surface area (Å²) in [5.74, 6) is 1.32. The van der Waals surface area contributed by atoms with Gasteiger partial charge in [0.05, 0.1) is 20.3 Å². The van der Waals surface area contributed by atoms with Crippen LogP contribution in [-0.2, 0) is 0 Å². The molecule has 1 unspecified atom stereocenters. The fourth-order valence-electron chi connectivity index (χ4n) is 2.05. The molecule has 0 radical (unpaired) electrons. The van der Waals surface area contributed by atoms with Gasteiger partial charge >= 0.3 is 0 Å². The Hall–Kier alpha value is -1.55. The molecule has 0 heterocycles. The highest BCUT2D eigenvalue weighted by atomic mass is 16.5. The Balaban J connectivity index is 2.97. The van der Waals surface area contributed by atoms with Crippen LogP contribution in [0.5, 0.6) is 11.5 Å². The van der Waals surface area contributed by atoms with E-state index in [1.54, 1.807) is 32.4 Å². The molecule has 19 heavy (non-hydrogen) atoms. The molecule has 0 aromatic heterocycles. The molecule has 0 spiro atoms. The van der Waals surface area contributed by atoms with Crippen molar-refractivity contribution in [1.82, 2.24) is 5.32 Å². The first-order valence-electron chi connectivity index (χ1n) is 6.67. The molecule has 1 rings (SSSR count). The predicted molar refractivity (Wildman–Crippen MR) is 76.2 cm³/mol. The maximum absolute atomic E-state index is 12.4. The van der Waals surface area contributed by atoms with Gasteiger partial charge in [0.25, 0.3) is 0 Å². The van der Waals surface area contributed by atoms with Crippen LogP contribution in [0, 0.1) is 0 Å². The maximum atomic E-state index is 12.4. The number of ketones is 1. The van der Waals surface area contributed by atoms with Crippen LogP contribution in [0.1, 0.15) is 37.0 Å². The summed E-state index contributed by atoms with van der Waals surface area (Å²) in [5.41, 5.74) is 0.650. The molecule has 1 atom stereocenters. The van der Waals surface area contributed by atoms with Crippen molar-refractivity contribution in [3.63, 3.8) is 0 Å². The van der Waals surface area contributed by atoms with Gasteiger partial charge in [-0.3, -0.25) is 4.79 Å². The number of carbonyl (C=O) groups excluding carboxylic acids is 1. The average molecular weight is 265 g/mol. The fourth-order valence-corrected chi connectivity index (χ4v) is 2.05. The highest BCUT2D eigenvalue weighted by Crippen LogP contribution is 2.28. The zero-order chi connectivity index (χ0) is 14.3. The average Bonchev–Trinajstić information content (AvgIpc) is 2.45. The third-order valence-corrected chi connectivity index (χ3v) is 3.01. The Kier molecular flexibility index (Phi) is 6.36. The molecular weight excluding hydrogens is 242 g/mol. The van der Waals surface area contributed by atoms with Gasteiger partial charge in [-0.2, -0.15) is 0 Å². The second kappa shape index (κ2) is 7.79. The van der Waals surface area contributed by atoms with Gasteiger partial charge in [-0.1, -0.05) is 20.3 Å². The minimum absolute atomic E-state index is 0.102. The number of hydrogen-bond acceptors (Lipinski definition) is 4. The lowest BCUT2D eigenvalue weighted by atomic mass is 10.00. The summed E-state index contributed by atoms with van der Waals surface area (Å²) in [4.78, 5) is 12.4. The van der Waals surface area contributed by atoms with E-state index in [2.05, 4.69) is 12.2 Å². The van der Waals surface area contributed by atoms with E-state index in [4.69, 9.17) is 9.47 Å². The molecule has 0 amide bonds. The molecule has 0 fully saturated rings. The summed E-state index contributed by atoms with van der Waals surface area (Å²) < 4.78 is 10.4. The molecule has 0 saturated carbocycles. The fraction of sp³-hybridized carbons (Fsp3) is 0.533. The van der Waals surface area contributed by atoms with Crippen molar-refractivity contribution in [2.45, 2.75) is 32.7 Å². The topological polar surface area (TPSA) is 47.6 Å². The van der Waals surface area contributed by atoms with Crippen LogP contribution in [0.4, 0.5) is 0 Å². The second-order valence-electron chi connectivity index (χ2n) is 4.33. The van der Waals surface area contributed by atoms with Crippen molar-refractivity contribution < 1.29 is 14.3 Å². The Morgan fingerprint density at radius 2 is 1.89 bits per heavy atom. The van der Waals surface area contributed by atoms with Gasteiger partial charge in [0.15, 0.2) is 17.3 Å². The number of hydrogen-bond donors (Lipinski definition) is 1. The normalized spacial score (nSPS) is 12.0. The number of methoxy groups -OCH3 is 2. The van der Waals surface area contributed by atoms with E-state index in [0.717, 1.165) is 19.4 Å². The zero-order valence-electron chi connectivity index (χ0n) is 12.2. The van der Waals surface area contributed by atoms with E-state index in [9.17, 15) is 4.79 Å². The summed E-state index contributed by atoms with van der Waals surface area (Å²) in [5, 5.41) is 3.23. The molecule has 4 nitrogen and oxygen atoms in total. The highest BCUT2D eigenvalue weighted by molar-refractivity contribution is 6.00. The number of nitrogens with one attached hydrogen (secondary N) is 1. The van der Waals surface area contributed by atoms with Gasteiger partial charge in [-0.05, 0) is 31.2 Å². The van der Waals surface area contributed by atoms with Gasteiger partial charge in [-0.15, -0.1) is 0 Å². The minimum atomic E-state index is -0.131. The van der Waals surface area contributed by atoms with E-state index in [-0.39, 0.29) is 11.8 Å². The van der Waals surface area contributed by atoms with Crippen LogP contribution in [-0.4, -0.2) is 32.6 Å². The molecule has 1 aromatic carbocycles. The van der Waals surface area contributed by atoms with E-state index in [0.29, 0.717) is 17.1 Å². The lowest BCUT2D eigenvalue weighted by Gasteiger charge is -2.16. The highest BCUT2D eigenvalue weighted by Gasteiger charge is 2.19. The summed E-state index contributed by atoms with van der Waals surface area (Å²) in [6, 6.07) is 5.15. The molecule has 4 heteroatoms. The van der Waals surface area contributed by atoms with Crippen LogP contribution in [0.2, 0.25) is 0 Å². The summed E-state index contributed by atoms with van der Waals surface area (Å²) >= 11 is 0. The third kappa shape index (κ3) is 3.96. The molecule has 1 aromatic rings. The van der Waals surface area contributed by atoms with E-state index < -0.39 is 0 Å². The van der Waals surface area contributed by atoms with Crippen LogP contribution in [0.3, 0.4) is 0 Å². The Bertz CT molecular complexity index is 412. The lowest BCUT2D eigenvalue weighted by Crippen LogP contribution is -2.36. The maximum Gasteiger partial charge on any atom is 0.179 e. The number of rotatable bonds is 8. The summed E-state index contributed by atoms with van der Waals surface area (Å²) in [6.45, 7) is 4.86. The number of benzene rings is 1. The van der Waals surface area contributed by atoms with E-state index >= 15 is 0 Å². The van der Waals surface area contributed by atoms with Crippen LogP contribution < -0.4 is 14.8 Å². The lowest BCUT2D eigenvalue weighted by molar-refractivity contribution is 0.0938. The van der Waals surface area contributed by atoms with Crippen molar-refractivity contribution in [2.75, 3.05) is 20.8 Å². The largest absolute Gasteiger partial charge is 0.493 e. The van der Waals surface area contributed by atoms with Crippen molar-refractivity contribution in [1.29, 1.82) is 0 Å². The smallest absolute Gasteiger partial charge is 0.179 e. The first kappa shape index (κ1) is 15.5. The SMILES string of the molecule is CCCC(NCC)C(=O)c1ccc(OC)c(OC)c1. The Morgan fingerprint density at radius 3 is 2.42 bits per heavy atom. The molecule has 0 aliphatic rings. The van der Waals surface area contributed by atoms with Gasteiger partial charge in [0, 0.05) is 5.56 Å². The van der Waals surface area contributed by atoms with Crippen LogP contribution in [0.25, 0.3) is 0 Å². The Morgan fingerprint density at radius 1 is 1.21 bits per heavy atom. The number of carbonyl (C=O) groups is 1. The monoisotopic (exact) mass is 265 g/mol. The van der Waals surface area contributed by atoms with Crippen LogP contribution in [0.15, 0.2) is 18.2 Å². The standard InChI is InChI=1S/C15H23NO3/c1-5-7-12(16-6-2)15(17)11-8-9-13(18-3)14(10-11)19-4/h8-10,12,16H,5-7H2,1-4H3. The van der Waals surface area contributed by atoms with Crippen molar-refractivity contribution in [3.8, 4) is 11.5 Å². The quantitative estimate of drug-likeness (QED) is 0.734. The van der Waals surface area contributed by atoms with E-state index in [1.165, 1.54) is 0 Å². The molecule has 1 N–H and O–H groups in total. The second-order valence-corrected chi connectivity index (χ2v) is 4.33. The van der Waals surface area contributed by atoms with Gasteiger partial charge in [-0.25, -0.2) is 0 Å². The number of likely N-dealkylation sites (N-methyl/N-ethyl adjacent to an activating group) is 1. The van der Waals surface area contributed by atoms with E-state index in [1.807, 2.05) is 6.92 Å². The Labute approximate surface area is 115 Å². The number of Topliss-reactive ketones (excluding diaryl/α,β-unsaturated/α-hetero) is 1. The van der Waals surface area contributed by atoms with Gasteiger partial charge in [0.1, 0.15) is 0 Å². The molecular formula is C15H23NO3.